The average molecular weight is 264 g/mol. The maximum absolute atomic E-state index is 9.31. The zero-order valence-electron chi connectivity index (χ0n) is 8.37. The largest absolute Gasteiger partial charge is 0.433 e. The molecule has 0 bridgehead atoms. The van der Waals surface area contributed by atoms with E-state index in [2.05, 4.69) is 21.2 Å². The van der Waals surface area contributed by atoms with Gasteiger partial charge in [-0.25, -0.2) is 0 Å². The molecular formula is C11H11BBrNO. The molecule has 2 aromatic rings. The van der Waals surface area contributed by atoms with Crippen LogP contribution in [0.3, 0.4) is 0 Å². The van der Waals surface area contributed by atoms with Crippen molar-refractivity contribution in [1.29, 1.82) is 0 Å². The highest BCUT2D eigenvalue weighted by Gasteiger charge is 2.07. The summed E-state index contributed by atoms with van der Waals surface area (Å²) >= 11 is 3.51. The molecule has 0 aromatic heterocycles. The molecule has 0 amide bonds. The van der Waals surface area contributed by atoms with E-state index in [0.717, 1.165) is 20.9 Å². The van der Waals surface area contributed by atoms with E-state index in [-0.39, 0.29) is 0 Å². The van der Waals surface area contributed by atoms with Gasteiger partial charge in [0.25, 0.3) is 0 Å². The van der Waals surface area contributed by atoms with Crippen LogP contribution in [-0.2, 0) is 0 Å². The summed E-state index contributed by atoms with van der Waals surface area (Å²) in [6.45, 7) is 1.71. The highest BCUT2D eigenvalue weighted by atomic mass is 79.9. The van der Waals surface area contributed by atoms with Gasteiger partial charge in [-0.2, -0.15) is 0 Å². The second-order valence-corrected chi connectivity index (χ2v) is 4.32. The molecule has 0 spiro atoms. The van der Waals surface area contributed by atoms with E-state index in [9.17, 15) is 5.02 Å². The summed E-state index contributed by atoms with van der Waals surface area (Å²) in [5.74, 6) is 0. The standard InChI is InChI=1S/C11H11BBrNO/c1-12(15)14-11-7-6-10(13)8-4-2-3-5-9(8)11/h2-7,14-15H,1H3. The Morgan fingerprint density at radius 3 is 2.47 bits per heavy atom. The molecule has 0 radical (unpaired) electrons. The SMILES string of the molecule is CB(O)Nc1ccc(Br)c2ccccc12. The quantitative estimate of drug-likeness (QED) is 0.816. The van der Waals surface area contributed by atoms with Crippen molar-refractivity contribution in [3.05, 3.63) is 40.9 Å². The minimum absolute atomic E-state index is 0.547. The molecule has 0 heterocycles. The van der Waals surface area contributed by atoms with Gasteiger partial charge < -0.3 is 10.3 Å². The number of benzene rings is 2. The van der Waals surface area contributed by atoms with Crippen molar-refractivity contribution in [2.75, 3.05) is 5.23 Å². The van der Waals surface area contributed by atoms with Crippen LogP contribution in [0.4, 0.5) is 5.69 Å². The zero-order valence-corrected chi connectivity index (χ0v) is 9.95. The molecule has 0 fully saturated rings. The van der Waals surface area contributed by atoms with Gasteiger partial charge in [0.05, 0.1) is 0 Å². The van der Waals surface area contributed by atoms with Crippen LogP contribution in [0.25, 0.3) is 10.8 Å². The summed E-state index contributed by atoms with van der Waals surface area (Å²) in [6.07, 6.45) is 0. The second-order valence-electron chi connectivity index (χ2n) is 3.46. The maximum Gasteiger partial charge on any atom is 0.406 e. The molecule has 76 valence electrons. The van der Waals surface area contributed by atoms with Crippen molar-refractivity contribution in [3.63, 3.8) is 0 Å². The van der Waals surface area contributed by atoms with Crippen molar-refractivity contribution in [1.82, 2.24) is 0 Å². The maximum atomic E-state index is 9.31. The minimum atomic E-state index is -0.547. The molecule has 4 heteroatoms. The smallest absolute Gasteiger partial charge is 0.406 e. The third kappa shape index (κ3) is 2.16. The van der Waals surface area contributed by atoms with Crippen LogP contribution in [-0.4, -0.2) is 12.1 Å². The van der Waals surface area contributed by atoms with Gasteiger partial charge in [-0.15, -0.1) is 0 Å². The van der Waals surface area contributed by atoms with Crippen molar-refractivity contribution < 1.29 is 5.02 Å². The monoisotopic (exact) mass is 263 g/mol. The summed E-state index contributed by atoms with van der Waals surface area (Å²) in [5.41, 5.74) is 0.948. The Labute approximate surface area is 97.6 Å². The molecule has 0 unspecified atom stereocenters. The van der Waals surface area contributed by atoms with E-state index in [1.807, 2.05) is 36.4 Å². The van der Waals surface area contributed by atoms with Crippen LogP contribution in [0.2, 0.25) is 6.82 Å². The summed E-state index contributed by atoms with van der Waals surface area (Å²) < 4.78 is 1.06. The molecule has 0 aliphatic rings. The van der Waals surface area contributed by atoms with Gasteiger partial charge in [-0.05, 0) is 24.3 Å². The van der Waals surface area contributed by atoms with E-state index in [4.69, 9.17) is 0 Å². The van der Waals surface area contributed by atoms with Crippen LogP contribution < -0.4 is 5.23 Å². The fraction of sp³-hybridized carbons (Fsp3) is 0.0909. The number of rotatable bonds is 2. The Balaban J connectivity index is 2.61. The highest BCUT2D eigenvalue weighted by molar-refractivity contribution is 9.10. The first-order valence-electron chi connectivity index (χ1n) is 4.80. The molecule has 2 aromatic carbocycles. The molecule has 2 rings (SSSR count). The third-order valence-corrected chi connectivity index (χ3v) is 2.93. The Morgan fingerprint density at radius 2 is 1.80 bits per heavy atom. The van der Waals surface area contributed by atoms with Gasteiger partial charge in [0.15, 0.2) is 0 Å². The van der Waals surface area contributed by atoms with E-state index >= 15 is 0 Å². The van der Waals surface area contributed by atoms with Crippen LogP contribution in [0.5, 0.6) is 0 Å². The summed E-state index contributed by atoms with van der Waals surface area (Å²) in [4.78, 5) is 0. The first-order valence-corrected chi connectivity index (χ1v) is 5.59. The number of fused-ring (bicyclic) bond motifs is 1. The number of hydrogen-bond acceptors (Lipinski definition) is 2. The van der Waals surface area contributed by atoms with Gasteiger partial charge in [0.2, 0.25) is 0 Å². The van der Waals surface area contributed by atoms with E-state index < -0.39 is 7.05 Å². The molecule has 0 aliphatic heterocycles. The molecule has 0 saturated carbocycles. The normalized spacial score (nSPS) is 10.3. The average Bonchev–Trinajstić information content (AvgIpc) is 2.22. The van der Waals surface area contributed by atoms with Crippen LogP contribution >= 0.6 is 15.9 Å². The summed E-state index contributed by atoms with van der Waals surface area (Å²) in [6, 6.07) is 12.0. The second kappa shape index (κ2) is 4.25. The van der Waals surface area contributed by atoms with Gasteiger partial charge in [0.1, 0.15) is 0 Å². The van der Waals surface area contributed by atoms with Gasteiger partial charge >= 0.3 is 7.05 Å². The van der Waals surface area contributed by atoms with Gasteiger partial charge in [-0.3, -0.25) is 0 Å². The molecular weight excluding hydrogens is 253 g/mol. The Kier molecular flexibility index (Phi) is 2.98. The third-order valence-electron chi connectivity index (χ3n) is 2.24. The van der Waals surface area contributed by atoms with Crippen LogP contribution in [0.1, 0.15) is 0 Å². The van der Waals surface area contributed by atoms with Crippen molar-refractivity contribution >= 4 is 39.4 Å². The van der Waals surface area contributed by atoms with E-state index in [1.54, 1.807) is 6.82 Å². The Hall–Kier alpha value is -0.995. The van der Waals surface area contributed by atoms with Crippen LogP contribution in [0.15, 0.2) is 40.9 Å². The lowest BCUT2D eigenvalue weighted by molar-refractivity contribution is 0.587. The minimum Gasteiger partial charge on any atom is -0.433 e. The number of halogens is 1. The van der Waals surface area contributed by atoms with Crippen LogP contribution in [0, 0.1) is 0 Å². The molecule has 0 saturated heterocycles. The van der Waals surface area contributed by atoms with E-state index in [1.165, 1.54) is 0 Å². The van der Waals surface area contributed by atoms with E-state index in [0.29, 0.717) is 0 Å². The van der Waals surface area contributed by atoms with Gasteiger partial charge in [-0.1, -0.05) is 40.2 Å². The summed E-state index contributed by atoms with van der Waals surface area (Å²) in [7, 11) is -0.547. The van der Waals surface area contributed by atoms with Crippen molar-refractivity contribution in [2.45, 2.75) is 6.82 Å². The lowest BCUT2D eigenvalue weighted by Crippen LogP contribution is -2.19. The number of hydrogen-bond donors (Lipinski definition) is 2. The number of nitrogens with one attached hydrogen (secondary N) is 1. The van der Waals surface area contributed by atoms with Gasteiger partial charge in [0, 0.05) is 15.5 Å². The predicted molar refractivity (Wildman–Crippen MR) is 69.1 cm³/mol. The molecule has 0 aliphatic carbocycles. The topological polar surface area (TPSA) is 32.3 Å². The molecule has 15 heavy (non-hydrogen) atoms. The number of anilines is 1. The van der Waals surface area contributed by atoms with Crippen molar-refractivity contribution in [2.24, 2.45) is 0 Å². The molecule has 2 N–H and O–H groups in total. The zero-order chi connectivity index (χ0) is 10.8. The fourth-order valence-corrected chi connectivity index (χ4v) is 2.09. The fourth-order valence-electron chi connectivity index (χ4n) is 1.61. The first-order chi connectivity index (χ1) is 7.18. The highest BCUT2D eigenvalue weighted by Crippen LogP contribution is 2.29. The lowest BCUT2D eigenvalue weighted by Gasteiger charge is -2.10. The predicted octanol–water partition coefficient (Wildman–Crippen LogP) is 3.12. The molecule has 0 atom stereocenters. The Morgan fingerprint density at radius 1 is 1.13 bits per heavy atom. The Bertz CT molecular complexity index is 487. The molecule has 2 nitrogen and oxygen atoms in total. The lowest BCUT2D eigenvalue weighted by atomic mass is 9.88. The van der Waals surface area contributed by atoms with Crippen molar-refractivity contribution in [3.8, 4) is 0 Å². The first kappa shape index (κ1) is 10.5. The summed E-state index contributed by atoms with van der Waals surface area (Å²) in [5, 5.41) is 14.6.